The molecule has 0 spiro atoms. The van der Waals surface area contributed by atoms with Crippen molar-refractivity contribution in [2.45, 2.75) is 44.7 Å². The minimum Gasteiger partial charge on any atom is -0.497 e. The van der Waals surface area contributed by atoms with Crippen LogP contribution in [-0.4, -0.2) is 39.3 Å². The number of anilines is 1. The van der Waals surface area contributed by atoms with Gasteiger partial charge in [0.15, 0.2) is 5.65 Å². The van der Waals surface area contributed by atoms with Crippen LogP contribution in [-0.2, 0) is 6.54 Å². The molecule has 1 fully saturated rings. The van der Waals surface area contributed by atoms with Gasteiger partial charge in [-0.3, -0.25) is 0 Å². The third-order valence-corrected chi connectivity index (χ3v) is 5.34. The second-order valence-corrected chi connectivity index (χ2v) is 7.20. The van der Waals surface area contributed by atoms with E-state index >= 15 is 0 Å². The fourth-order valence-corrected chi connectivity index (χ4v) is 3.83. The molecule has 146 valence electrons. The Morgan fingerprint density at radius 2 is 2.00 bits per heavy atom. The standard InChI is InChI=1S/C21H25N5O2/c1-28-18-9-7-15(8-10-18)14-26-21-19(13-23-26)20(16(11-22-21)12-24-27)25-17-5-3-2-4-6-17/h7-13,17,27H,2-6,14H2,1H3,(H,22,25). The van der Waals surface area contributed by atoms with Gasteiger partial charge >= 0.3 is 0 Å². The highest BCUT2D eigenvalue weighted by Gasteiger charge is 2.18. The topological polar surface area (TPSA) is 84.6 Å². The van der Waals surface area contributed by atoms with Crippen molar-refractivity contribution >= 4 is 22.9 Å². The Bertz CT molecular complexity index is 959. The number of fused-ring (bicyclic) bond motifs is 1. The summed E-state index contributed by atoms with van der Waals surface area (Å²) < 4.78 is 7.11. The number of benzene rings is 1. The van der Waals surface area contributed by atoms with Crippen LogP contribution in [0.15, 0.2) is 41.8 Å². The number of oxime groups is 1. The number of rotatable bonds is 6. The molecule has 2 N–H and O–H groups in total. The lowest BCUT2D eigenvalue weighted by Gasteiger charge is -2.25. The van der Waals surface area contributed by atoms with Crippen molar-refractivity contribution in [3.05, 3.63) is 47.8 Å². The first-order chi connectivity index (χ1) is 13.8. The molecule has 0 atom stereocenters. The zero-order valence-corrected chi connectivity index (χ0v) is 16.0. The second kappa shape index (κ2) is 8.29. The van der Waals surface area contributed by atoms with Crippen LogP contribution in [0.2, 0.25) is 0 Å². The maximum absolute atomic E-state index is 9.05. The van der Waals surface area contributed by atoms with Gasteiger partial charge in [0.2, 0.25) is 0 Å². The second-order valence-electron chi connectivity index (χ2n) is 7.20. The molecule has 0 saturated heterocycles. The Morgan fingerprint density at radius 1 is 1.21 bits per heavy atom. The van der Waals surface area contributed by atoms with Crippen LogP contribution in [0.4, 0.5) is 5.69 Å². The SMILES string of the molecule is COc1ccc(Cn2ncc3c(NC4CCCCC4)c(C=NO)cnc32)cc1. The Hall–Kier alpha value is -3.09. The Labute approximate surface area is 164 Å². The molecule has 0 aliphatic heterocycles. The van der Waals surface area contributed by atoms with Crippen molar-refractivity contribution < 1.29 is 9.94 Å². The van der Waals surface area contributed by atoms with E-state index in [9.17, 15) is 0 Å². The highest BCUT2D eigenvalue weighted by atomic mass is 16.5. The van der Waals surface area contributed by atoms with Gasteiger partial charge in [-0.05, 0) is 30.5 Å². The van der Waals surface area contributed by atoms with Gasteiger partial charge in [0.05, 0.1) is 37.1 Å². The minimum atomic E-state index is 0.426. The summed E-state index contributed by atoms with van der Waals surface area (Å²) in [5.41, 5.74) is 3.64. The van der Waals surface area contributed by atoms with E-state index in [-0.39, 0.29) is 0 Å². The molecule has 0 bridgehead atoms. The molecular formula is C21H25N5O2. The maximum atomic E-state index is 9.05. The number of hydrogen-bond acceptors (Lipinski definition) is 6. The van der Waals surface area contributed by atoms with Crippen LogP contribution in [0.5, 0.6) is 5.75 Å². The van der Waals surface area contributed by atoms with E-state index in [0.29, 0.717) is 12.6 Å². The molecule has 3 aromatic rings. The van der Waals surface area contributed by atoms with Crippen molar-refractivity contribution in [2.75, 3.05) is 12.4 Å². The van der Waals surface area contributed by atoms with E-state index in [2.05, 4.69) is 20.6 Å². The van der Waals surface area contributed by atoms with Crippen molar-refractivity contribution in [1.82, 2.24) is 14.8 Å². The average Bonchev–Trinajstić information content (AvgIpc) is 3.14. The highest BCUT2D eigenvalue weighted by molar-refractivity contribution is 6.00. The van der Waals surface area contributed by atoms with Crippen LogP contribution < -0.4 is 10.1 Å². The summed E-state index contributed by atoms with van der Waals surface area (Å²) in [6.07, 6.45) is 11.1. The van der Waals surface area contributed by atoms with Gasteiger partial charge in [-0.15, -0.1) is 0 Å². The molecule has 1 aliphatic rings. The van der Waals surface area contributed by atoms with E-state index in [1.807, 2.05) is 35.1 Å². The monoisotopic (exact) mass is 379 g/mol. The largest absolute Gasteiger partial charge is 0.497 e. The number of hydrogen-bond donors (Lipinski definition) is 2. The van der Waals surface area contributed by atoms with Gasteiger partial charge in [0.1, 0.15) is 5.75 Å². The molecule has 7 heteroatoms. The molecule has 2 aromatic heterocycles. The number of pyridine rings is 1. The molecule has 7 nitrogen and oxygen atoms in total. The molecule has 1 aliphatic carbocycles. The van der Waals surface area contributed by atoms with Gasteiger partial charge in [0, 0.05) is 17.8 Å². The zero-order valence-electron chi connectivity index (χ0n) is 16.0. The molecular weight excluding hydrogens is 354 g/mol. The normalized spacial score (nSPS) is 15.3. The Balaban J connectivity index is 1.67. The summed E-state index contributed by atoms with van der Waals surface area (Å²) in [7, 11) is 1.66. The number of nitrogens with one attached hydrogen (secondary N) is 1. The first-order valence-electron chi connectivity index (χ1n) is 9.70. The molecule has 0 amide bonds. The summed E-state index contributed by atoms with van der Waals surface area (Å²) in [6.45, 7) is 0.622. The first kappa shape index (κ1) is 18.3. The average molecular weight is 379 g/mol. The Kier molecular flexibility index (Phi) is 5.41. The van der Waals surface area contributed by atoms with Crippen molar-refractivity contribution in [1.29, 1.82) is 0 Å². The fourth-order valence-electron chi connectivity index (χ4n) is 3.83. The minimum absolute atomic E-state index is 0.426. The maximum Gasteiger partial charge on any atom is 0.160 e. The smallest absolute Gasteiger partial charge is 0.160 e. The number of methoxy groups -OCH3 is 1. The van der Waals surface area contributed by atoms with Gasteiger partial charge in [0.25, 0.3) is 0 Å². The molecule has 2 heterocycles. The first-order valence-corrected chi connectivity index (χ1v) is 9.70. The fraction of sp³-hybridized carbons (Fsp3) is 0.381. The summed E-state index contributed by atoms with van der Waals surface area (Å²) in [6, 6.07) is 8.37. The predicted octanol–water partition coefficient (Wildman–Crippen LogP) is 4.04. The molecule has 4 rings (SSSR count). The van der Waals surface area contributed by atoms with Crippen LogP contribution in [0, 0.1) is 0 Å². The third kappa shape index (κ3) is 3.78. The van der Waals surface area contributed by atoms with E-state index in [1.54, 1.807) is 13.3 Å². The van der Waals surface area contributed by atoms with E-state index in [1.165, 1.54) is 25.5 Å². The summed E-state index contributed by atoms with van der Waals surface area (Å²) in [5.74, 6) is 0.832. The van der Waals surface area contributed by atoms with Crippen LogP contribution >= 0.6 is 0 Å². The lowest BCUT2D eigenvalue weighted by molar-refractivity contribution is 0.322. The van der Waals surface area contributed by atoms with Gasteiger partial charge in [-0.1, -0.05) is 36.6 Å². The molecule has 28 heavy (non-hydrogen) atoms. The van der Waals surface area contributed by atoms with E-state index in [0.717, 1.165) is 46.4 Å². The number of nitrogens with zero attached hydrogens (tertiary/aromatic N) is 4. The summed E-state index contributed by atoms with van der Waals surface area (Å²) in [4.78, 5) is 4.58. The quantitative estimate of drug-likeness (QED) is 0.384. The van der Waals surface area contributed by atoms with Crippen molar-refractivity contribution in [3.63, 3.8) is 0 Å². The summed E-state index contributed by atoms with van der Waals surface area (Å²) in [5, 5.41) is 21.4. The van der Waals surface area contributed by atoms with Crippen LogP contribution in [0.3, 0.4) is 0 Å². The number of ether oxygens (including phenoxy) is 1. The Morgan fingerprint density at radius 3 is 2.71 bits per heavy atom. The lowest BCUT2D eigenvalue weighted by Crippen LogP contribution is -2.23. The molecule has 1 saturated carbocycles. The highest BCUT2D eigenvalue weighted by Crippen LogP contribution is 2.29. The van der Waals surface area contributed by atoms with E-state index < -0.39 is 0 Å². The third-order valence-electron chi connectivity index (χ3n) is 5.34. The van der Waals surface area contributed by atoms with Gasteiger partial charge in [-0.25, -0.2) is 9.67 Å². The van der Waals surface area contributed by atoms with Crippen LogP contribution in [0.1, 0.15) is 43.2 Å². The van der Waals surface area contributed by atoms with Crippen molar-refractivity contribution in [2.24, 2.45) is 5.16 Å². The molecule has 0 radical (unpaired) electrons. The molecule has 0 unspecified atom stereocenters. The lowest BCUT2D eigenvalue weighted by atomic mass is 9.95. The van der Waals surface area contributed by atoms with E-state index in [4.69, 9.17) is 9.94 Å². The number of aromatic nitrogens is 3. The van der Waals surface area contributed by atoms with Crippen molar-refractivity contribution in [3.8, 4) is 5.75 Å². The predicted molar refractivity (Wildman–Crippen MR) is 110 cm³/mol. The molecule has 1 aromatic carbocycles. The van der Waals surface area contributed by atoms with Gasteiger partial charge < -0.3 is 15.3 Å². The zero-order chi connectivity index (χ0) is 19.3. The van der Waals surface area contributed by atoms with Crippen LogP contribution in [0.25, 0.3) is 11.0 Å². The summed E-state index contributed by atoms with van der Waals surface area (Å²) >= 11 is 0. The van der Waals surface area contributed by atoms with Gasteiger partial charge in [-0.2, -0.15) is 5.10 Å².